The molecular weight excluding hydrogens is 266 g/mol. The van der Waals surface area contributed by atoms with Gasteiger partial charge in [0.25, 0.3) is 0 Å². The number of oxazole rings is 1. The van der Waals surface area contributed by atoms with Gasteiger partial charge in [0.2, 0.25) is 5.91 Å². The minimum atomic E-state index is -0.530. The molecule has 0 fully saturated rings. The lowest BCUT2D eigenvalue weighted by molar-refractivity contribution is -0.120. The molecule has 1 aliphatic heterocycles. The van der Waals surface area contributed by atoms with E-state index in [1.54, 1.807) is 24.3 Å². The summed E-state index contributed by atoms with van der Waals surface area (Å²) < 4.78 is 6.37. The largest absolute Gasteiger partial charge is 0.420 e. The summed E-state index contributed by atoms with van der Waals surface area (Å²) in [6.45, 7) is 0.643. The first-order valence-corrected chi connectivity index (χ1v) is 6.78. The Labute approximate surface area is 112 Å². The number of fused-ring (bicyclic) bond motifs is 1. The predicted molar refractivity (Wildman–Crippen MR) is 73.4 cm³/mol. The summed E-state index contributed by atoms with van der Waals surface area (Å²) in [5.74, 6) is 0.0728. The zero-order valence-electron chi connectivity index (χ0n) is 9.96. The van der Waals surface area contributed by atoms with E-state index in [0.717, 1.165) is 12.3 Å². The van der Waals surface area contributed by atoms with E-state index in [2.05, 4.69) is 10.3 Å². The Morgan fingerprint density at radius 3 is 3.11 bits per heavy atom. The number of aliphatic imine (C=N–C) groups is 1. The van der Waals surface area contributed by atoms with Crippen molar-refractivity contribution in [3.05, 3.63) is 34.8 Å². The fourth-order valence-electron chi connectivity index (χ4n) is 1.88. The van der Waals surface area contributed by atoms with Gasteiger partial charge in [-0.05, 0) is 12.1 Å². The summed E-state index contributed by atoms with van der Waals surface area (Å²) in [4.78, 5) is 27.7. The number of amidine groups is 1. The van der Waals surface area contributed by atoms with E-state index >= 15 is 0 Å². The molecule has 0 radical (unpaired) electrons. The summed E-state index contributed by atoms with van der Waals surface area (Å²) in [5.41, 5.74) is 1.09. The van der Waals surface area contributed by atoms with Crippen LogP contribution in [-0.4, -0.2) is 27.9 Å². The van der Waals surface area contributed by atoms with Gasteiger partial charge in [-0.15, -0.1) is 0 Å². The second-order valence-corrected chi connectivity index (χ2v) is 5.09. The van der Waals surface area contributed by atoms with E-state index in [9.17, 15) is 9.59 Å². The molecule has 1 aromatic carbocycles. The average molecular weight is 277 g/mol. The van der Waals surface area contributed by atoms with Gasteiger partial charge in [0, 0.05) is 5.75 Å². The summed E-state index contributed by atoms with van der Waals surface area (Å²) in [7, 11) is 0. The minimum Gasteiger partial charge on any atom is -0.408 e. The van der Waals surface area contributed by atoms with Gasteiger partial charge in [0.1, 0.15) is 6.54 Å². The van der Waals surface area contributed by atoms with Crippen LogP contribution in [0.3, 0.4) is 0 Å². The molecule has 1 aliphatic rings. The SMILES string of the molecule is O=C(Cn1c(=O)oc2ccccc21)NC1=NCCS1. The van der Waals surface area contributed by atoms with Crippen LogP contribution in [0.15, 0.2) is 38.5 Å². The third-order valence-electron chi connectivity index (χ3n) is 2.71. The quantitative estimate of drug-likeness (QED) is 0.881. The Bertz CT molecular complexity index is 716. The minimum absolute atomic E-state index is 0.0740. The number of carbonyl (C=O) groups is 1. The van der Waals surface area contributed by atoms with Crippen molar-refractivity contribution in [3.8, 4) is 0 Å². The predicted octanol–water partition coefficient (Wildman–Crippen LogP) is 0.814. The van der Waals surface area contributed by atoms with E-state index in [1.807, 2.05) is 0 Å². The van der Waals surface area contributed by atoms with Crippen LogP contribution >= 0.6 is 11.8 Å². The molecule has 0 unspecified atom stereocenters. The Kier molecular flexibility index (Phi) is 3.12. The standard InChI is InChI=1S/C12H11N3O3S/c16-10(14-11-13-5-6-19-11)7-15-8-3-1-2-4-9(8)18-12(15)17/h1-4H,5-7H2,(H,13,14,16). The zero-order valence-corrected chi connectivity index (χ0v) is 10.8. The Morgan fingerprint density at radius 2 is 2.32 bits per heavy atom. The normalized spacial score (nSPS) is 14.6. The lowest BCUT2D eigenvalue weighted by Gasteiger charge is -2.04. The van der Waals surface area contributed by atoms with Crippen molar-refractivity contribution in [2.45, 2.75) is 6.54 Å². The highest BCUT2D eigenvalue weighted by molar-refractivity contribution is 8.14. The molecule has 1 aromatic heterocycles. The fourth-order valence-corrected chi connectivity index (χ4v) is 2.62. The van der Waals surface area contributed by atoms with Gasteiger partial charge in [0.05, 0.1) is 12.1 Å². The molecule has 0 spiro atoms. The van der Waals surface area contributed by atoms with Crippen LogP contribution in [0.4, 0.5) is 0 Å². The van der Waals surface area contributed by atoms with E-state index in [1.165, 1.54) is 16.3 Å². The molecule has 0 atom stereocenters. The molecule has 6 nitrogen and oxygen atoms in total. The van der Waals surface area contributed by atoms with E-state index in [-0.39, 0.29) is 12.5 Å². The average Bonchev–Trinajstić information content (AvgIpc) is 2.99. The molecule has 2 aromatic rings. The van der Waals surface area contributed by atoms with Crippen molar-refractivity contribution in [2.24, 2.45) is 4.99 Å². The molecule has 98 valence electrons. The second kappa shape index (κ2) is 4.93. The summed E-state index contributed by atoms with van der Waals surface area (Å²) in [6, 6.07) is 7.01. The third-order valence-corrected chi connectivity index (χ3v) is 3.60. The van der Waals surface area contributed by atoms with Crippen molar-refractivity contribution in [2.75, 3.05) is 12.3 Å². The number of rotatable bonds is 2. The molecule has 0 bridgehead atoms. The highest BCUT2D eigenvalue weighted by Crippen LogP contribution is 2.12. The summed E-state index contributed by atoms with van der Waals surface area (Å²) in [5, 5.41) is 3.30. The van der Waals surface area contributed by atoms with Crippen molar-refractivity contribution >= 4 is 33.9 Å². The Morgan fingerprint density at radius 1 is 1.47 bits per heavy atom. The molecule has 0 aliphatic carbocycles. The first-order chi connectivity index (χ1) is 9.24. The molecule has 19 heavy (non-hydrogen) atoms. The highest BCUT2D eigenvalue weighted by Gasteiger charge is 2.15. The first kappa shape index (κ1) is 12.0. The molecule has 1 N–H and O–H groups in total. The van der Waals surface area contributed by atoms with Gasteiger partial charge in [0.15, 0.2) is 10.8 Å². The van der Waals surface area contributed by atoms with Crippen LogP contribution < -0.4 is 11.1 Å². The maximum Gasteiger partial charge on any atom is 0.420 e. The number of hydrogen-bond donors (Lipinski definition) is 1. The van der Waals surface area contributed by atoms with Crippen molar-refractivity contribution < 1.29 is 9.21 Å². The number of amides is 1. The van der Waals surface area contributed by atoms with Crippen LogP contribution in [0.25, 0.3) is 11.1 Å². The van der Waals surface area contributed by atoms with Crippen LogP contribution in [-0.2, 0) is 11.3 Å². The monoisotopic (exact) mass is 277 g/mol. The number of hydrogen-bond acceptors (Lipinski definition) is 5. The van der Waals surface area contributed by atoms with E-state index in [0.29, 0.717) is 16.3 Å². The van der Waals surface area contributed by atoms with E-state index in [4.69, 9.17) is 4.42 Å². The first-order valence-electron chi connectivity index (χ1n) is 5.79. The maximum absolute atomic E-state index is 11.9. The van der Waals surface area contributed by atoms with Gasteiger partial charge < -0.3 is 9.73 Å². The van der Waals surface area contributed by atoms with Crippen molar-refractivity contribution in [3.63, 3.8) is 0 Å². The molecular formula is C12H11N3O3S. The number of carbonyl (C=O) groups excluding carboxylic acids is 1. The lowest BCUT2D eigenvalue weighted by atomic mass is 10.3. The fraction of sp³-hybridized carbons (Fsp3) is 0.250. The van der Waals surface area contributed by atoms with E-state index < -0.39 is 5.76 Å². The Hall–Kier alpha value is -2.02. The molecule has 7 heteroatoms. The summed E-state index contributed by atoms with van der Waals surface area (Å²) >= 11 is 1.50. The van der Waals surface area contributed by atoms with Gasteiger partial charge >= 0.3 is 5.76 Å². The number of nitrogens with zero attached hydrogens (tertiary/aromatic N) is 2. The number of aromatic nitrogens is 1. The van der Waals surface area contributed by atoms with Crippen LogP contribution in [0.1, 0.15) is 0 Å². The van der Waals surface area contributed by atoms with Gasteiger partial charge in [-0.25, -0.2) is 4.79 Å². The maximum atomic E-state index is 11.9. The zero-order chi connectivity index (χ0) is 13.2. The number of nitrogens with one attached hydrogen (secondary N) is 1. The molecule has 0 saturated carbocycles. The van der Waals surface area contributed by atoms with Crippen LogP contribution in [0, 0.1) is 0 Å². The summed E-state index contributed by atoms with van der Waals surface area (Å²) in [6.07, 6.45) is 0. The molecule has 0 saturated heterocycles. The van der Waals surface area contributed by atoms with Gasteiger partial charge in [-0.2, -0.15) is 0 Å². The lowest BCUT2D eigenvalue weighted by Crippen LogP contribution is -2.33. The number of benzene rings is 1. The highest BCUT2D eigenvalue weighted by atomic mass is 32.2. The molecule has 2 heterocycles. The Balaban J connectivity index is 1.83. The van der Waals surface area contributed by atoms with Crippen molar-refractivity contribution in [1.82, 2.24) is 9.88 Å². The third kappa shape index (κ3) is 2.41. The molecule has 3 rings (SSSR count). The second-order valence-electron chi connectivity index (χ2n) is 4.01. The van der Waals surface area contributed by atoms with Gasteiger partial charge in [-0.1, -0.05) is 23.9 Å². The number of thioether (sulfide) groups is 1. The topological polar surface area (TPSA) is 76.6 Å². The number of para-hydroxylation sites is 2. The van der Waals surface area contributed by atoms with Crippen LogP contribution in [0.2, 0.25) is 0 Å². The molecule has 1 amide bonds. The smallest absolute Gasteiger partial charge is 0.408 e. The van der Waals surface area contributed by atoms with Crippen LogP contribution in [0.5, 0.6) is 0 Å². The van der Waals surface area contributed by atoms with Crippen molar-refractivity contribution in [1.29, 1.82) is 0 Å². The van der Waals surface area contributed by atoms with Gasteiger partial charge in [-0.3, -0.25) is 14.4 Å².